The lowest BCUT2D eigenvalue weighted by Crippen LogP contribution is -2.41. The fourth-order valence-electron chi connectivity index (χ4n) is 2.43. The Kier molecular flexibility index (Phi) is 6.70. The molecule has 0 saturated heterocycles. The summed E-state index contributed by atoms with van der Waals surface area (Å²) in [6.07, 6.45) is 0. The van der Waals surface area contributed by atoms with Gasteiger partial charge in [0.25, 0.3) is 11.8 Å². The number of hydrazine groups is 1. The van der Waals surface area contributed by atoms with Crippen LogP contribution in [0.15, 0.2) is 36.4 Å². The largest absolute Gasteiger partial charge is 0.490 e. The summed E-state index contributed by atoms with van der Waals surface area (Å²) in [5, 5.41) is 0. The fraction of sp³-hybridized carbons (Fsp3) is 0.263. The SMILES string of the molecule is CCOc1cc(C(=O)NNC(=O)c2ccc(C)cc2C)ccc1OC(F)F. The number of aryl methyl sites for hydroxylation is 2. The van der Waals surface area contributed by atoms with Gasteiger partial charge in [-0.25, -0.2) is 0 Å². The third-order valence-electron chi connectivity index (χ3n) is 3.64. The average molecular weight is 378 g/mol. The minimum atomic E-state index is -3.01. The molecule has 0 aliphatic rings. The van der Waals surface area contributed by atoms with E-state index in [9.17, 15) is 18.4 Å². The van der Waals surface area contributed by atoms with Crippen LogP contribution in [-0.4, -0.2) is 25.0 Å². The monoisotopic (exact) mass is 378 g/mol. The number of benzene rings is 2. The molecule has 0 aliphatic heterocycles. The highest BCUT2D eigenvalue weighted by Crippen LogP contribution is 2.29. The van der Waals surface area contributed by atoms with Crippen LogP contribution >= 0.6 is 0 Å². The van der Waals surface area contributed by atoms with Crippen molar-refractivity contribution in [3.63, 3.8) is 0 Å². The van der Waals surface area contributed by atoms with Crippen LogP contribution in [0.4, 0.5) is 8.78 Å². The summed E-state index contributed by atoms with van der Waals surface area (Å²) in [4.78, 5) is 24.4. The Morgan fingerprint density at radius 2 is 1.70 bits per heavy atom. The number of alkyl halides is 2. The predicted molar refractivity (Wildman–Crippen MR) is 95.1 cm³/mol. The van der Waals surface area contributed by atoms with Crippen LogP contribution in [0.25, 0.3) is 0 Å². The molecule has 27 heavy (non-hydrogen) atoms. The van der Waals surface area contributed by atoms with Crippen molar-refractivity contribution in [1.29, 1.82) is 0 Å². The van der Waals surface area contributed by atoms with Gasteiger partial charge in [0.1, 0.15) is 0 Å². The third kappa shape index (κ3) is 5.40. The maximum atomic E-state index is 12.4. The van der Waals surface area contributed by atoms with Crippen molar-refractivity contribution >= 4 is 11.8 Å². The summed E-state index contributed by atoms with van der Waals surface area (Å²) in [5.41, 5.74) is 6.94. The molecule has 0 spiro atoms. The number of hydrogen-bond donors (Lipinski definition) is 2. The van der Waals surface area contributed by atoms with Gasteiger partial charge in [-0.1, -0.05) is 17.7 Å². The topological polar surface area (TPSA) is 76.7 Å². The normalized spacial score (nSPS) is 10.4. The van der Waals surface area contributed by atoms with Crippen molar-refractivity contribution in [2.45, 2.75) is 27.4 Å². The molecule has 0 aliphatic carbocycles. The van der Waals surface area contributed by atoms with Crippen molar-refractivity contribution in [2.24, 2.45) is 0 Å². The summed E-state index contributed by atoms with van der Waals surface area (Å²) in [5.74, 6) is -1.27. The molecular weight excluding hydrogens is 358 g/mol. The van der Waals surface area contributed by atoms with E-state index in [0.717, 1.165) is 11.1 Å². The summed E-state index contributed by atoms with van der Waals surface area (Å²) in [7, 11) is 0. The number of amides is 2. The maximum Gasteiger partial charge on any atom is 0.387 e. The zero-order chi connectivity index (χ0) is 20.0. The van der Waals surface area contributed by atoms with Gasteiger partial charge in [-0.15, -0.1) is 0 Å². The average Bonchev–Trinajstić information content (AvgIpc) is 2.60. The van der Waals surface area contributed by atoms with Gasteiger partial charge in [-0.3, -0.25) is 20.4 Å². The molecule has 0 aromatic heterocycles. The van der Waals surface area contributed by atoms with Crippen LogP contribution in [-0.2, 0) is 0 Å². The van der Waals surface area contributed by atoms with Gasteiger partial charge in [-0.05, 0) is 50.6 Å². The first-order valence-electron chi connectivity index (χ1n) is 8.21. The Labute approximate surface area is 155 Å². The zero-order valence-electron chi connectivity index (χ0n) is 15.1. The lowest BCUT2D eigenvalue weighted by atomic mass is 10.1. The number of nitrogens with one attached hydrogen (secondary N) is 2. The van der Waals surface area contributed by atoms with Crippen molar-refractivity contribution in [2.75, 3.05) is 6.61 Å². The van der Waals surface area contributed by atoms with Crippen LogP contribution in [0.3, 0.4) is 0 Å². The molecule has 0 saturated carbocycles. The highest BCUT2D eigenvalue weighted by atomic mass is 19.3. The van der Waals surface area contributed by atoms with Gasteiger partial charge in [-0.2, -0.15) is 8.78 Å². The molecule has 6 nitrogen and oxygen atoms in total. The van der Waals surface area contributed by atoms with E-state index in [2.05, 4.69) is 15.6 Å². The molecule has 0 unspecified atom stereocenters. The Morgan fingerprint density at radius 3 is 2.33 bits per heavy atom. The molecule has 2 amide bonds. The molecule has 2 rings (SSSR count). The smallest absolute Gasteiger partial charge is 0.387 e. The van der Waals surface area contributed by atoms with Crippen LogP contribution in [0.2, 0.25) is 0 Å². The van der Waals surface area contributed by atoms with Crippen LogP contribution in [0, 0.1) is 13.8 Å². The van der Waals surface area contributed by atoms with E-state index in [1.54, 1.807) is 26.0 Å². The van der Waals surface area contributed by atoms with E-state index in [0.29, 0.717) is 5.56 Å². The van der Waals surface area contributed by atoms with E-state index in [1.807, 2.05) is 13.0 Å². The first-order valence-corrected chi connectivity index (χ1v) is 8.21. The van der Waals surface area contributed by atoms with Gasteiger partial charge in [0, 0.05) is 11.1 Å². The molecular formula is C19H20F2N2O4. The van der Waals surface area contributed by atoms with E-state index < -0.39 is 18.4 Å². The molecule has 0 atom stereocenters. The van der Waals surface area contributed by atoms with E-state index in [1.165, 1.54) is 18.2 Å². The highest BCUT2D eigenvalue weighted by Gasteiger charge is 2.16. The number of rotatable bonds is 6. The van der Waals surface area contributed by atoms with Crippen molar-refractivity contribution in [3.8, 4) is 11.5 Å². The molecule has 2 aromatic carbocycles. The second-order valence-corrected chi connectivity index (χ2v) is 5.70. The number of carbonyl (C=O) groups excluding carboxylic acids is 2. The van der Waals surface area contributed by atoms with Gasteiger partial charge >= 0.3 is 6.61 Å². The van der Waals surface area contributed by atoms with Crippen molar-refractivity contribution in [1.82, 2.24) is 10.9 Å². The predicted octanol–water partition coefficient (Wildman–Crippen LogP) is 3.38. The van der Waals surface area contributed by atoms with Gasteiger partial charge in [0.15, 0.2) is 11.5 Å². The van der Waals surface area contributed by atoms with Crippen molar-refractivity contribution in [3.05, 3.63) is 58.7 Å². The van der Waals surface area contributed by atoms with Crippen LogP contribution in [0.5, 0.6) is 11.5 Å². The van der Waals surface area contributed by atoms with E-state index >= 15 is 0 Å². The highest BCUT2D eigenvalue weighted by molar-refractivity contribution is 6.00. The van der Waals surface area contributed by atoms with E-state index in [4.69, 9.17) is 4.74 Å². The maximum absolute atomic E-state index is 12.4. The minimum Gasteiger partial charge on any atom is -0.490 e. The van der Waals surface area contributed by atoms with E-state index in [-0.39, 0.29) is 23.7 Å². The summed E-state index contributed by atoms with van der Waals surface area (Å²) >= 11 is 0. The molecule has 144 valence electrons. The summed E-state index contributed by atoms with van der Waals surface area (Å²) in [6, 6.07) is 9.07. The van der Waals surface area contributed by atoms with Crippen LogP contribution < -0.4 is 20.3 Å². The Morgan fingerprint density at radius 1 is 1.00 bits per heavy atom. The first kappa shape index (κ1) is 20.2. The van der Waals surface area contributed by atoms with Gasteiger partial charge in [0.2, 0.25) is 0 Å². The molecule has 0 bridgehead atoms. The lowest BCUT2D eigenvalue weighted by molar-refractivity contribution is -0.0514. The second-order valence-electron chi connectivity index (χ2n) is 5.70. The number of ether oxygens (including phenoxy) is 2. The lowest BCUT2D eigenvalue weighted by Gasteiger charge is -2.13. The molecule has 8 heteroatoms. The molecule has 0 fully saturated rings. The molecule has 2 aromatic rings. The van der Waals surface area contributed by atoms with Gasteiger partial charge in [0.05, 0.1) is 6.61 Å². The quantitative estimate of drug-likeness (QED) is 0.756. The number of halogens is 2. The Bertz CT molecular complexity index is 840. The molecule has 0 heterocycles. The number of hydrogen-bond acceptors (Lipinski definition) is 4. The summed E-state index contributed by atoms with van der Waals surface area (Å²) < 4.78 is 34.4. The van der Waals surface area contributed by atoms with Crippen LogP contribution in [0.1, 0.15) is 38.8 Å². The first-order chi connectivity index (χ1) is 12.8. The second kappa shape index (κ2) is 8.98. The third-order valence-corrected chi connectivity index (χ3v) is 3.64. The van der Waals surface area contributed by atoms with Crippen molar-refractivity contribution < 1.29 is 27.8 Å². The summed E-state index contributed by atoms with van der Waals surface area (Å²) in [6.45, 7) is 2.56. The van der Waals surface area contributed by atoms with Gasteiger partial charge < -0.3 is 9.47 Å². The fourth-order valence-corrected chi connectivity index (χ4v) is 2.43. The standard InChI is InChI=1S/C19H20F2N2O4/c1-4-26-16-10-13(6-8-15(16)27-19(20)21)17(24)22-23-18(25)14-7-5-11(2)9-12(14)3/h5-10,19H,4H2,1-3H3,(H,22,24)(H,23,25). The molecule has 2 N–H and O–H groups in total. The Hall–Kier alpha value is -3.16. The number of carbonyl (C=O) groups is 2. The zero-order valence-corrected chi connectivity index (χ0v) is 15.1. The Balaban J connectivity index is 2.08. The minimum absolute atomic E-state index is 0.00570. The molecule has 0 radical (unpaired) electrons.